The number of β-amino-alcohol motifs (C(OH)–C–C–N with tert-alkyl or cyclic N) is 1. The van der Waals surface area contributed by atoms with E-state index in [1.807, 2.05) is 13.8 Å². The van der Waals surface area contributed by atoms with E-state index in [-0.39, 0.29) is 5.54 Å². The monoisotopic (exact) mass is 259 g/mol. The van der Waals surface area contributed by atoms with Crippen LogP contribution in [0.1, 0.15) is 52.9 Å². The lowest BCUT2D eigenvalue weighted by atomic mass is 9.98. The molecule has 3 N–H and O–H groups in total. The molecule has 0 aromatic heterocycles. The van der Waals surface area contributed by atoms with Gasteiger partial charge in [0, 0.05) is 12.1 Å². The number of rotatable bonds is 7. The summed E-state index contributed by atoms with van der Waals surface area (Å²) in [5, 5.41) is 22.6. The van der Waals surface area contributed by atoms with Crippen molar-refractivity contribution in [2.45, 2.75) is 76.7 Å². The maximum atomic E-state index is 9.86. The first-order chi connectivity index (χ1) is 8.42. The van der Waals surface area contributed by atoms with E-state index in [1.165, 1.54) is 19.3 Å². The second-order valence-corrected chi connectivity index (χ2v) is 6.03. The molecule has 0 aliphatic heterocycles. The Balaban J connectivity index is 2.15. The highest BCUT2D eigenvalue weighted by Gasteiger charge is 2.24. The fraction of sp³-hybridized carbons (Fsp3) is 1.00. The Bertz CT molecular complexity index is 225. The van der Waals surface area contributed by atoms with Crippen molar-refractivity contribution >= 4 is 0 Å². The van der Waals surface area contributed by atoms with Gasteiger partial charge in [0.25, 0.3) is 0 Å². The summed E-state index contributed by atoms with van der Waals surface area (Å²) in [5.41, 5.74) is -0.383. The van der Waals surface area contributed by atoms with E-state index in [4.69, 9.17) is 4.74 Å². The Hall–Kier alpha value is -0.160. The van der Waals surface area contributed by atoms with Crippen molar-refractivity contribution in [3.05, 3.63) is 0 Å². The number of aliphatic hydroxyl groups is 2. The number of hydrogen-bond donors (Lipinski definition) is 3. The smallest absolute Gasteiger partial charge is 0.0898 e. The molecule has 0 saturated heterocycles. The first kappa shape index (κ1) is 15.9. The van der Waals surface area contributed by atoms with Gasteiger partial charge in [-0.2, -0.15) is 0 Å². The van der Waals surface area contributed by atoms with Gasteiger partial charge in [-0.1, -0.05) is 19.3 Å². The fourth-order valence-electron chi connectivity index (χ4n) is 2.07. The van der Waals surface area contributed by atoms with Crippen LogP contribution in [0.5, 0.6) is 0 Å². The molecule has 1 rings (SSSR count). The molecule has 1 saturated carbocycles. The Kier molecular flexibility index (Phi) is 6.57. The number of nitrogens with one attached hydrogen (secondary N) is 1. The molecule has 2 atom stereocenters. The maximum absolute atomic E-state index is 9.86. The number of hydrogen-bond acceptors (Lipinski definition) is 4. The molecule has 2 unspecified atom stereocenters. The quantitative estimate of drug-likeness (QED) is 0.647. The average molecular weight is 259 g/mol. The second-order valence-electron chi connectivity index (χ2n) is 6.03. The van der Waals surface area contributed by atoms with Gasteiger partial charge in [0.2, 0.25) is 0 Å². The van der Waals surface area contributed by atoms with Crippen LogP contribution >= 0.6 is 0 Å². The summed E-state index contributed by atoms with van der Waals surface area (Å²) in [7, 11) is 0. The van der Waals surface area contributed by atoms with Crippen LogP contribution in [0, 0.1) is 0 Å². The van der Waals surface area contributed by atoms with E-state index in [9.17, 15) is 10.2 Å². The molecular formula is C14H29NO3. The molecule has 1 aliphatic rings. The highest BCUT2D eigenvalue weighted by molar-refractivity contribution is 4.84. The molecule has 0 radical (unpaired) electrons. The van der Waals surface area contributed by atoms with Crippen molar-refractivity contribution in [2.24, 2.45) is 0 Å². The Morgan fingerprint density at radius 1 is 1.22 bits per heavy atom. The van der Waals surface area contributed by atoms with E-state index in [0.717, 1.165) is 12.8 Å². The van der Waals surface area contributed by atoms with E-state index < -0.39 is 12.2 Å². The van der Waals surface area contributed by atoms with Crippen molar-refractivity contribution < 1.29 is 14.9 Å². The van der Waals surface area contributed by atoms with Crippen LogP contribution in [0.15, 0.2) is 0 Å². The normalized spacial score (nSPS) is 21.8. The summed E-state index contributed by atoms with van der Waals surface area (Å²) in [4.78, 5) is 0. The lowest BCUT2D eigenvalue weighted by molar-refractivity contribution is -0.0269. The van der Waals surface area contributed by atoms with Gasteiger partial charge in [-0.15, -0.1) is 0 Å². The molecule has 0 aromatic carbocycles. The topological polar surface area (TPSA) is 61.7 Å². The maximum Gasteiger partial charge on any atom is 0.0898 e. The number of ether oxygens (including phenoxy) is 1. The van der Waals surface area contributed by atoms with Crippen LogP contribution in [-0.2, 0) is 4.74 Å². The first-order valence-corrected chi connectivity index (χ1v) is 7.14. The summed E-state index contributed by atoms with van der Waals surface area (Å²) >= 11 is 0. The molecule has 0 heterocycles. The van der Waals surface area contributed by atoms with E-state index in [1.54, 1.807) is 6.92 Å². The van der Waals surface area contributed by atoms with Crippen LogP contribution in [0.2, 0.25) is 0 Å². The molecule has 0 spiro atoms. The summed E-state index contributed by atoms with van der Waals surface area (Å²) in [5.74, 6) is 0. The molecule has 4 nitrogen and oxygen atoms in total. The lowest BCUT2D eigenvalue weighted by Crippen LogP contribution is -2.51. The van der Waals surface area contributed by atoms with Gasteiger partial charge in [-0.3, -0.25) is 0 Å². The van der Waals surface area contributed by atoms with Gasteiger partial charge >= 0.3 is 0 Å². The zero-order valence-electron chi connectivity index (χ0n) is 12.0. The van der Waals surface area contributed by atoms with Gasteiger partial charge < -0.3 is 20.3 Å². The van der Waals surface area contributed by atoms with Gasteiger partial charge in [-0.25, -0.2) is 0 Å². The van der Waals surface area contributed by atoms with Gasteiger partial charge in [0.1, 0.15) is 0 Å². The molecule has 0 bridgehead atoms. The van der Waals surface area contributed by atoms with E-state index >= 15 is 0 Å². The Labute approximate surface area is 111 Å². The third kappa shape index (κ3) is 5.65. The van der Waals surface area contributed by atoms with Crippen molar-refractivity contribution in [3.63, 3.8) is 0 Å². The summed E-state index contributed by atoms with van der Waals surface area (Å²) < 4.78 is 5.72. The molecule has 108 valence electrons. The minimum atomic E-state index is -0.509. The first-order valence-electron chi connectivity index (χ1n) is 7.14. The van der Waals surface area contributed by atoms with Crippen LogP contribution in [0.25, 0.3) is 0 Å². The molecule has 4 heteroatoms. The third-order valence-corrected chi connectivity index (χ3v) is 3.91. The van der Waals surface area contributed by atoms with E-state index in [2.05, 4.69) is 5.32 Å². The van der Waals surface area contributed by atoms with Crippen molar-refractivity contribution in [1.82, 2.24) is 5.32 Å². The number of aliphatic hydroxyl groups excluding tert-OH is 2. The molecule has 0 aromatic rings. The zero-order chi connectivity index (χ0) is 13.6. The fourth-order valence-corrected chi connectivity index (χ4v) is 2.07. The minimum Gasteiger partial charge on any atom is -0.392 e. The van der Waals surface area contributed by atoms with Crippen molar-refractivity contribution in [2.75, 3.05) is 13.2 Å². The third-order valence-electron chi connectivity index (χ3n) is 3.91. The summed E-state index contributed by atoms with van der Waals surface area (Å²) in [6.07, 6.45) is 5.42. The molecule has 18 heavy (non-hydrogen) atoms. The van der Waals surface area contributed by atoms with Crippen molar-refractivity contribution in [3.8, 4) is 0 Å². The zero-order valence-corrected chi connectivity index (χ0v) is 12.0. The minimum absolute atomic E-state index is 0.332. The standard InChI is InChI=1S/C14H29NO3/c1-11(16)14(2,3)15-9-12(17)10-18-13-7-5-4-6-8-13/h11-13,15-17H,4-10H2,1-3H3. The van der Waals surface area contributed by atoms with Crippen LogP contribution in [0.4, 0.5) is 0 Å². The summed E-state index contributed by atoms with van der Waals surface area (Å²) in [6.45, 7) is 6.43. The average Bonchev–Trinajstić information content (AvgIpc) is 2.35. The molecule has 1 aliphatic carbocycles. The predicted molar refractivity (Wildman–Crippen MR) is 72.6 cm³/mol. The predicted octanol–water partition coefficient (Wildman–Crippen LogP) is 1.45. The summed E-state index contributed by atoms with van der Waals surface area (Å²) in [6, 6.07) is 0. The van der Waals surface area contributed by atoms with Gasteiger partial charge in [-0.05, 0) is 33.6 Å². The molecule has 1 fully saturated rings. The van der Waals surface area contributed by atoms with Crippen LogP contribution in [0.3, 0.4) is 0 Å². The van der Waals surface area contributed by atoms with Gasteiger partial charge in [0.05, 0.1) is 24.9 Å². The Morgan fingerprint density at radius 2 is 1.83 bits per heavy atom. The van der Waals surface area contributed by atoms with Crippen molar-refractivity contribution in [1.29, 1.82) is 0 Å². The lowest BCUT2D eigenvalue weighted by Gasteiger charge is -2.31. The highest BCUT2D eigenvalue weighted by atomic mass is 16.5. The second kappa shape index (κ2) is 7.43. The SMILES string of the molecule is CC(O)C(C)(C)NCC(O)COC1CCCCC1. The molecule has 0 amide bonds. The van der Waals surface area contributed by atoms with Crippen LogP contribution in [-0.4, -0.2) is 47.2 Å². The Morgan fingerprint density at radius 3 is 2.39 bits per heavy atom. The van der Waals surface area contributed by atoms with Crippen LogP contribution < -0.4 is 5.32 Å². The van der Waals surface area contributed by atoms with Gasteiger partial charge in [0.15, 0.2) is 0 Å². The van der Waals surface area contributed by atoms with E-state index in [0.29, 0.717) is 19.3 Å². The largest absolute Gasteiger partial charge is 0.392 e. The molecular weight excluding hydrogens is 230 g/mol. The highest BCUT2D eigenvalue weighted by Crippen LogP contribution is 2.20.